The van der Waals surface area contributed by atoms with Crippen LogP contribution in [0.2, 0.25) is 0 Å². The van der Waals surface area contributed by atoms with Gasteiger partial charge in [0.2, 0.25) is 0 Å². The van der Waals surface area contributed by atoms with Gasteiger partial charge in [-0.1, -0.05) is 40.0 Å². The third-order valence-electron chi connectivity index (χ3n) is 2.12. The Morgan fingerprint density at radius 3 is 2.17 bits per heavy atom. The van der Waals surface area contributed by atoms with E-state index in [4.69, 9.17) is 4.74 Å². The Balaban J connectivity index is 2.13. The number of ether oxygens (including phenoxy) is 1. The largest absolute Gasteiger partial charge is 0.371 e. The molecule has 0 aromatic heterocycles. The van der Waals surface area contributed by atoms with E-state index in [9.17, 15) is 0 Å². The second-order valence-corrected chi connectivity index (χ2v) is 4.95. The zero-order valence-corrected chi connectivity index (χ0v) is 8.65. The molecular weight excluding hydrogens is 148 g/mol. The normalized spacial score (nSPS) is 21.2. The third kappa shape index (κ3) is 4.10. The van der Waals surface area contributed by atoms with Crippen molar-refractivity contribution < 1.29 is 4.74 Å². The molecule has 0 heterocycles. The summed E-state index contributed by atoms with van der Waals surface area (Å²) in [6, 6.07) is 0. The summed E-state index contributed by atoms with van der Waals surface area (Å²) in [5, 5.41) is 0. The van der Waals surface area contributed by atoms with E-state index in [1.165, 1.54) is 38.2 Å². The Morgan fingerprint density at radius 1 is 1.08 bits per heavy atom. The Kier molecular flexibility index (Phi) is 3.57. The van der Waals surface area contributed by atoms with Crippen LogP contribution >= 0.6 is 0 Å². The first-order chi connectivity index (χ1) is 5.58. The van der Waals surface area contributed by atoms with Crippen molar-refractivity contribution >= 4 is 0 Å². The molecule has 12 heavy (non-hydrogen) atoms. The van der Waals surface area contributed by atoms with E-state index < -0.39 is 0 Å². The quantitative estimate of drug-likeness (QED) is 0.614. The Labute approximate surface area is 76.5 Å². The van der Waals surface area contributed by atoms with Crippen LogP contribution in [-0.4, -0.2) is 6.61 Å². The Morgan fingerprint density at radius 2 is 1.67 bits per heavy atom. The molecule has 0 atom stereocenters. The van der Waals surface area contributed by atoms with Crippen LogP contribution in [-0.2, 0) is 4.74 Å². The fourth-order valence-corrected chi connectivity index (χ4v) is 1.41. The molecule has 0 spiro atoms. The van der Waals surface area contributed by atoms with Crippen molar-refractivity contribution in [2.45, 2.75) is 52.9 Å². The van der Waals surface area contributed by atoms with Gasteiger partial charge < -0.3 is 4.74 Å². The second-order valence-electron chi connectivity index (χ2n) is 4.95. The first-order valence-electron chi connectivity index (χ1n) is 5.05. The van der Waals surface area contributed by atoms with Crippen molar-refractivity contribution in [2.75, 3.05) is 6.61 Å². The molecule has 0 aliphatic heterocycles. The van der Waals surface area contributed by atoms with Gasteiger partial charge in [-0.2, -0.15) is 0 Å². The highest BCUT2D eigenvalue weighted by Crippen LogP contribution is 2.28. The monoisotopic (exact) mass is 169 g/mol. The van der Waals surface area contributed by atoms with Crippen LogP contribution in [0.25, 0.3) is 0 Å². The van der Waals surface area contributed by atoms with E-state index in [1.54, 1.807) is 0 Å². The summed E-state index contributed by atoms with van der Waals surface area (Å²) in [6.45, 7) is 7.53. The first kappa shape index (κ1) is 10.0. The maximum absolute atomic E-state index is 5.76. The van der Waals surface area contributed by atoms with Crippen LogP contribution in [0.3, 0.4) is 0 Å². The molecule has 0 amide bonds. The molecule has 71 valence electrons. The fraction of sp³-hybridized carbons (Fsp3) is 0.909. The van der Waals surface area contributed by atoms with Gasteiger partial charge in [-0.05, 0) is 18.3 Å². The Bertz CT molecular complexity index is 117. The molecule has 0 unspecified atom stereocenters. The summed E-state index contributed by atoms with van der Waals surface area (Å²) in [5.74, 6) is 0. The third-order valence-corrected chi connectivity index (χ3v) is 2.12. The molecule has 0 N–H and O–H groups in total. The molecule has 0 bridgehead atoms. The topological polar surface area (TPSA) is 9.23 Å². The second kappa shape index (κ2) is 4.27. The summed E-state index contributed by atoms with van der Waals surface area (Å²) < 4.78 is 5.76. The average Bonchev–Trinajstić information content (AvgIpc) is 2.02. The molecule has 1 nitrogen and oxygen atoms in total. The molecule has 0 saturated heterocycles. The van der Waals surface area contributed by atoms with E-state index in [1.807, 2.05) is 0 Å². The minimum absolute atomic E-state index is 0.310. The van der Waals surface area contributed by atoms with Crippen LogP contribution in [0.5, 0.6) is 0 Å². The minimum atomic E-state index is 0.310. The highest BCUT2D eigenvalue weighted by atomic mass is 16.5. The van der Waals surface area contributed by atoms with Crippen LogP contribution in [0.15, 0.2) is 0 Å². The predicted molar refractivity (Wildman–Crippen MR) is 51.7 cm³/mol. The van der Waals surface area contributed by atoms with Crippen molar-refractivity contribution in [3.63, 3.8) is 0 Å². The van der Waals surface area contributed by atoms with Gasteiger partial charge in [0.25, 0.3) is 0 Å². The first-order valence-corrected chi connectivity index (χ1v) is 5.05. The zero-order chi connectivity index (χ0) is 9.03. The van der Waals surface area contributed by atoms with Crippen molar-refractivity contribution in [3.05, 3.63) is 6.10 Å². The lowest BCUT2D eigenvalue weighted by Crippen LogP contribution is -2.18. The van der Waals surface area contributed by atoms with E-state index in [-0.39, 0.29) is 0 Å². The van der Waals surface area contributed by atoms with Gasteiger partial charge >= 0.3 is 0 Å². The standard InChI is InChI=1S/C11H21O/c1-11(2,3)9-12-10-7-5-4-6-8-10/h4-9H2,1-3H3. The van der Waals surface area contributed by atoms with E-state index in [2.05, 4.69) is 20.8 Å². The van der Waals surface area contributed by atoms with Gasteiger partial charge in [-0.3, -0.25) is 0 Å². The van der Waals surface area contributed by atoms with E-state index in [0.29, 0.717) is 5.41 Å². The number of hydrogen-bond acceptors (Lipinski definition) is 1. The van der Waals surface area contributed by atoms with Crippen LogP contribution < -0.4 is 0 Å². The predicted octanol–water partition coefficient (Wildman–Crippen LogP) is 3.55. The lowest BCUT2D eigenvalue weighted by molar-refractivity contribution is 0.0593. The molecule has 1 aliphatic carbocycles. The summed E-state index contributed by atoms with van der Waals surface area (Å²) in [6.07, 6.45) is 7.81. The van der Waals surface area contributed by atoms with Gasteiger partial charge in [0.1, 0.15) is 0 Å². The zero-order valence-electron chi connectivity index (χ0n) is 8.65. The van der Waals surface area contributed by atoms with Gasteiger partial charge in [-0.15, -0.1) is 0 Å². The summed E-state index contributed by atoms with van der Waals surface area (Å²) in [5.41, 5.74) is 0.310. The average molecular weight is 169 g/mol. The molecule has 1 aliphatic rings. The molecule has 1 fully saturated rings. The molecule has 1 radical (unpaired) electrons. The van der Waals surface area contributed by atoms with Crippen molar-refractivity contribution in [1.82, 2.24) is 0 Å². The van der Waals surface area contributed by atoms with Gasteiger partial charge in [-0.25, -0.2) is 0 Å². The number of hydrogen-bond donors (Lipinski definition) is 0. The Hall–Kier alpha value is -0.0400. The van der Waals surface area contributed by atoms with E-state index >= 15 is 0 Å². The van der Waals surface area contributed by atoms with Crippen LogP contribution in [0, 0.1) is 11.5 Å². The molecular formula is C11H21O. The van der Waals surface area contributed by atoms with Crippen molar-refractivity contribution in [2.24, 2.45) is 5.41 Å². The molecule has 0 aromatic carbocycles. The highest BCUT2D eigenvalue weighted by molar-refractivity contribution is 4.83. The summed E-state index contributed by atoms with van der Waals surface area (Å²) in [4.78, 5) is 0. The van der Waals surface area contributed by atoms with Gasteiger partial charge in [0, 0.05) is 0 Å². The van der Waals surface area contributed by atoms with Crippen molar-refractivity contribution in [3.8, 4) is 0 Å². The fourth-order valence-electron chi connectivity index (χ4n) is 1.41. The lowest BCUT2D eigenvalue weighted by Gasteiger charge is -2.25. The summed E-state index contributed by atoms with van der Waals surface area (Å²) >= 11 is 0. The molecule has 1 heteroatoms. The maximum atomic E-state index is 5.76. The number of rotatable bonds is 2. The smallest absolute Gasteiger partial charge is 0.0971 e. The van der Waals surface area contributed by atoms with Gasteiger partial charge in [0.15, 0.2) is 0 Å². The minimum Gasteiger partial charge on any atom is -0.371 e. The van der Waals surface area contributed by atoms with Crippen molar-refractivity contribution in [1.29, 1.82) is 0 Å². The molecule has 1 rings (SSSR count). The highest BCUT2D eigenvalue weighted by Gasteiger charge is 2.18. The lowest BCUT2D eigenvalue weighted by atomic mass is 9.96. The van der Waals surface area contributed by atoms with Crippen LogP contribution in [0.1, 0.15) is 52.9 Å². The molecule has 1 saturated carbocycles. The molecule has 0 aromatic rings. The van der Waals surface area contributed by atoms with E-state index in [0.717, 1.165) is 6.61 Å². The SMILES string of the molecule is CC(C)(C)CO[C]1CCCCC1. The van der Waals surface area contributed by atoms with Crippen LogP contribution in [0.4, 0.5) is 0 Å². The maximum Gasteiger partial charge on any atom is 0.0971 e. The van der Waals surface area contributed by atoms with Gasteiger partial charge in [0.05, 0.1) is 12.7 Å². The summed E-state index contributed by atoms with van der Waals surface area (Å²) in [7, 11) is 0.